The molecule has 3 N–H and O–H groups in total. The van der Waals surface area contributed by atoms with Crippen LogP contribution < -0.4 is 5.32 Å². The molecule has 1 saturated heterocycles. The molecule has 1 fully saturated rings. The van der Waals surface area contributed by atoms with Crippen molar-refractivity contribution in [3.8, 4) is 0 Å². The van der Waals surface area contributed by atoms with Crippen molar-refractivity contribution in [2.75, 3.05) is 19.5 Å². The van der Waals surface area contributed by atoms with Crippen LogP contribution in [-0.4, -0.2) is 63.0 Å². The fourth-order valence-corrected chi connectivity index (χ4v) is 6.00. The van der Waals surface area contributed by atoms with Crippen LogP contribution in [0.3, 0.4) is 0 Å². The van der Waals surface area contributed by atoms with Gasteiger partial charge in [0.15, 0.2) is 0 Å². The molecule has 2 aliphatic rings. The molecule has 2 aliphatic heterocycles. The number of carbonyl (C=O) groups excluding carboxylic acids is 3. The van der Waals surface area contributed by atoms with Crippen LogP contribution in [0.15, 0.2) is 41.3 Å². The number of amides is 2. The van der Waals surface area contributed by atoms with Gasteiger partial charge in [0, 0.05) is 25.4 Å². The number of esters is 1. The summed E-state index contributed by atoms with van der Waals surface area (Å²) in [5.74, 6) is -1.80. The Kier molecular flexibility index (Phi) is 6.40. The van der Waals surface area contributed by atoms with Gasteiger partial charge in [0.25, 0.3) is 11.6 Å². The van der Waals surface area contributed by atoms with Gasteiger partial charge < -0.3 is 24.6 Å². The van der Waals surface area contributed by atoms with Gasteiger partial charge in [0.05, 0.1) is 6.42 Å². The molecule has 30 heavy (non-hydrogen) atoms. The highest BCUT2D eigenvalue weighted by molar-refractivity contribution is 8.00. The number of methoxy groups -OCH3 is 1. The molecule has 0 saturated carbocycles. The molecule has 0 spiro atoms. The molecule has 0 unspecified atom stereocenters. The average Bonchev–Trinajstić information content (AvgIpc) is 2.69. The summed E-state index contributed by atoms with van der Waals surface area (Å²) in [5.41, 5.74) is -1.39. The molecule has 0 aliphatic carbocycles. The molecule has 1 aromatic rings. The van der Waals surface area contributed by atoms with Gasteiger partial charge in [-0.25, -0.2) is 0 Å². The van der Waals surface area contributed by atoms with Crippen molar-refractivity contribution in [2.24, 2.45) is 0 Å². The smallest absolute Gasteiger partial charge is 0.372 e. The molecule has 2 atom stereocenters. The summed E-state index contributed by atoms with van der Waals surface area (Å²) in [6.45, 7) is 0.823. The Morgan fingerprint density at radius 3 is 2.57 bits per heavy atom. The third-order valence-electron chi connectivity index (χ3n) is 4.66. The van der Waals surface area contributed by atoms with Gasteiger partial charge in [0.1, 0.15) is 17.4 Å². The SMILES string of the molecule is CO[C@@]1(NC(=O)Cc2ccccc2)C(=O)N2C(P(=O)(O)O)=C(COC(C)=O)CS[C@H]21. The number of fused-ring (bicyclic) bond motifs is 1. The van der Waals surface area contributed by atoms with Gasteiger partial charge in [-0.1, -0.05) is 30.3 Å². The first-order valence-electron chi connectivity index (χ1n) is 8.87. The first-order chi connectivity index (χ1) is 14.1. The number of rotatable bonds is 7. The predicted molar refractivity (Wildman–Crippen MR) is 107 cm³/mol. The second kappa shape index (κ2) is 8.52. The summed E-state index contributed by atoms with van der Waals surface area (Å²) in [6.07, 6.45) is 0.00943. The maximum Gasteiger partial charge on any atom is 0.372 e. The van der Waals surface area contributed by atoms with Crippen LogP contribution in [-0.2, 0) is 34.8 Å². The van der Waals surface area contributed by atoms with Gasteiger partial charge >= 0.3 is 13.6 Å². The highest BCUT2D eigenvalue weighted by Crippen LogP contribution is 2.58. The zero-order chi connectivity index (χ0) is 22.1. The number of benzene rings is 1. The zero-order valence-electron chi connectivity index (χ0n) is 16.2. The fourth-order valence-electron chi connectivity index (χ4n) is 3.35. The van der Waals surface area contributed by atoms with Gasteiger partial charge in [-0.3, -0.25) is 23.8 Å². The standard InChI is InChI=1S/C18H21N2O8PS/c1-11(21)28-9-13-10-30-17-18(27-2,16(23)20(17)15(13)29(24,25)26)19-14(22)8-12-6-4-3-5-7-12/h3-7,17H,8-10H2,1-2H3,(H,19,22)(H2,24,25,26)/t17-,18-/m0/s1. The van der Waals surface area contributed by atoms with E-state index >= 15 is 0 Å². The van der Waals surface area contributed by atoms with Crippen LogP contribution >= 0.6 is 19.4 Å². The van der Waals surface area contributed by atoms with E-state index in [4.69, 9.17) is 9.47 Å². The number of nitrogens with zero attached hydrogens (tertiary/aromatic N) is 1. The number of hydrogen-bond donors (Lipinski definition) is 3. The molecule has 12 heteroatoms. The van der Waals surface area contributed by atoms with Crippen molar-refractivity contribution >= 4 is 37.1 Å². The van der Waals surface area contributed by atoms with E-state index in [-0.39, 0.29) is 24.4 Å². The number of thioether (sulfide) groups is 1. The van der Waals surface area contributed by atoms with E-state index in [1.54, 1.807) is 24.3 Å². The lowest BCUT2D eigenvalue weighted by Crippen LogP contribution is -2.80. The molecule has 0 radical (unpaired) electrons. The summed E-state index contributed by atoms with van der Waals surface area (Å²) in [6, 6.07) is 8.90. The molecule has 0 bridgehead atoms. The molecule has 162 valence electrons. The van der Waals surface area contributed by atoms with Gasteiger partial charge in [0.2, 0.25) is 5.91 Å². The molecule has 2 heterocycles. The van der Waals surface area contributed by atoms with Crippen LogP contribution in [0.1, 0.15) is 12.5 Å². The van der Waals surface area contributed by atoms with Crippen LogP contribution in [0.2, 0.25) is 0 Å². The lowest BCUT2D eigenvalue weighted by molar-refractivity contribution is -0.190. The van der Waals surface area contributed by atoms with Crippen LogP contribution in [0.4, 0.5) is 0 Å². The lowest BCUT2D eigenvalue weighted by Gasteiger charge is -2.56. The molecule has 3 rings (SSSR count). The largest absolute Gasteiger partial charge is 0.461 e. The first-order valence-corrected chi connectivity index (χ1v) is 11.5. The fraction of sp³-hybridized carbons (Fsp3) is 0.389. The van der Waals surface area contributed by atoms with Gasteiger partial charge in [-0.2, -0.15) is 0 Å². The van der Waals surface area contributed by atoms with E-state index in [9.17, 15) is 28.7 Å². The van der Waals surface area contributed by atoms with E-state index in [0.717, 1.165) is 22.2 Å². The zero-order valence-corrected chi connectivity index (χ0v) is 17.9. The summed E-state index contributed by atoms with van der Waals surface area (Å²) in [4.78, 5) is 57.1. The lowest BCUT2D eigenvalue weighted by atomic mass is 10.0. The maximum atomic E-state index is 13.0. The quantitative estimate of drug-likeness (QED) is 0.232. The third-order valence-corrected chi connectivity index (χ3v) is 7.12. The Balaban J connectivity index is 1.85. The van der Waals surface area contributed by atoms with Crippen molar-refractivity contribution in [1.82, 2.24) is 10.2 Å². The second-order valence-electron chi connectivity index (χ2n) is 6.74. The summed E-state index contributed by atoms with van der Waals surface area (Å²) in [5, 5.41) is 1.70. The molecule has 10 nitrogen and oxygen atoms in total. The Bertz CT molecular complexity index is 947. The second-order valence-corrected chi connectivity index (χ2v) is 9.32. The number of hydrogen-bond acceptors (Lipinski definition) is 7. The number of β-lactam (4-membered cyclic amide) rings is 1. The highest BCUT2D eigenvalue weighted by atomic mass is 32.2. The monoisotopic (exact) mass is 456 g/mol. The number of nitrogens with one attached hydrogen (secondary N) is 1. The van der Waals surface area contributed by atoms with Crippen molar-refractivity contribution in [3.05, 3.63) is 46.9 Å². The number of ether oxygens (including phenoxy) is 2. The normalized spacial score (nSPS) is 23.5. The third kappa shape index (κ3) is 4.17. The Morgan fingerprint density at radius 2 is 2.00 bits per heavy atom. The molecule has 0 aromatic heterocycles. The van der Waals surface area contributed by atoms with E-state index in [2.05, 4.69) is 5.32 Å². The summed E-state index contributed by atoms with van der Waals surface area (Å²) < 4.78 is 22.3. The minimum atomic E-state index is -4.88. The Hall–Kier alpha value is -2.17. The Labute approximate surface area is 176 Å². The van der Waals surface area contributed by atoms with E-state index in [0.29, 0.717) is 0 Å². The number of carbonyl (C=O) groups is 3. The van der Waals surface area contributed by atoms with Crippen molar-refractivity contribution in [2.45, 2.75) is 24.4 Å². The minimum absolute atomic E-state index is 0.00943. The predicted octanol–water partition coefficient (Wildman–Crippen LogP) is 0.555. The topological polar surface area (TPSA) is 142 Å². The molecular formula is C18H21N2O8PS. The first kappa shape index (κ1) is 22.5. The van der Waals surface area contributed by atoms with E-state index in [1.807, 2.05) is 6.07 Å². The van der Waals surface area contributed by atoms with Gasteiger partial charge in [-0.15, -0.1) is 11.8 Å². The Morgan fingerprint density at radius 1 is 1.33 bits per heavy atom. The van der Waals surface area contributed by atoms with Gasteiger partial charge in [-0.05, 0) is 5.56 Å². The molecular weight excluding hydrogens is 435 g/mol. The summed E-state index contributed by atoms with van der Waals surface area (Å²) in [7, 11) is -3.64. The minimum Gasteiger partial charge on any atom is -0.461 e. The maximum absolute atomic E-state index is 13.0. The molecule has 1 aromatic carbocycles. The van der Waals surface area contributed by atoms with Crippen molar-refractivity contribution < 1.29 is 38.2 Å². The van der Waals surface area contributed by atoms with Crippen molar-refractivity contribution in [1.29, 1.82) is 0 Å². The van der Waals surface area contributed by atoms with E-state index in [1.165, 1.54) is 14.0 Å². The summed E-state index contributed by atoms with van der Waals surface area (Å²) >= 11 is 1.15. The van der Waals surface area contributed by atoms with Crippen LogP contribution in [0.5, 0.6) is 0 Å². The van der Waals surface area contributed by atoms with Crippen LogP contribution in [0, 0.1) is 0 Å². The average molecular weight is 456 g/mol. The van der Waals surface area contributed by atoms with Crippen molar-refractivity contribution in [3.63, 3.8) is 0 Å². The highest BCUT2D eigenvalue weighted by Gasteiger charge is 2.67. The van der Waals surface area contributed by atoms with Crippen LogP contribution in [0.25, 0.3) is 0 Å². The molecule has 2 amide bonds. The van der Waals surface area contributed by atoms with E-state index < -0.39 is 41.9 Å².